The Morgan fingerprint density at radius 2 is 1.89 bits per heavy atom. The fraction of sp³-hybridized carbons (Fsp3) is 0.185. The van der Waals surface area contributed by atoms with Crippen LogP contribution in [0.2, 0.25) is 0 Å². The first kappa shape index (κ1) is 22.2. The summed E-state index contributed by atoms with van der Waals surface area (Å²) in [5.74, 6) is -0.814. The van der Waals surface area contributed by atoms with Crippen molar-refractivity contribution in [3.8, 4) is 11.5 Å². The summed E-state index contributed by atoms with van der Waals surface area (Å²) in [6.07, 6.45) is 3.20. The number of amides is 1. The van der Waals surface area contributed by atoms with Crippen molar-refractivity contribution in [3.63, 3.8) is 0 Å². The molecular weight excluding hydrogens is 478 g/mol. The minimum absolute atomic E-state index is 0.0307. The lowest BCUT2D eigenvalue weighted by molar-refractivity contribution is -0.132. The third-order valence-corrected chi connectivity index (χ3v) is 7.29. The Kier molecular flexibility index (Phi) is 5.22. The number of carbonyl (C=O) groups is 2. The highest BCUT2D eigenvalue weighted by Gasteiger charge is 2.48. The first-order valence-electron chi connectivity index (χ1n) is 11.4. The molecule has 8 nitrogen and oxygen atoms in total. The van der Waals surface area contributed by atoms with E-state index in [9.17, 15) is 14.7 Å². The lowest BCUT2D eigenvalue weighted by atomic mass is 9.96. The molecule has 1 saturated heterocycles. The zero-order valence-corrected chi connectivity index (χ0v) is 20.3. The SMILES string of the molecule is Cc1cc(C)c2nc(N3C(=O)C(=O)C(=C(O)c4ccc5c(c4)OCCO5)[C@H]3c3cccnc3)sc2c1. The Morgan fingerprint density at radius 3 is 2.67 bits per heavy atom. The lowest BCUT2D eigenvalue weighted by Gasteiger charge is -2.23. The number of ketones is 1. The van der Waals surface area contributed by atoms with Crippen LogP contribution < -0.4 is 14.4 Å². The van der Waals surface area contributed by atoms with Gasteiger partial charge in [-0.1, -0.05) is 23.5 Å². The van der Waals surface area contributed by atoms with E-state index in [2.05, 4.69) is 4.98 Å². The first-order chi connectivity index (χ1) is 17.4. The topological polar surface area (TPSA) is 102 Å². The van der Waals surface area contributed by atoms with Gasteiger partial charge in [-0.05, 0) is 60.9 Å². The largest absolute Gasteiger partial charge is 0.507 e. The number of hydrogen-bond donors (Lipinski definition) is 1. The fourth-order valence-corrected chi connectivity index (χ4v) is 5.86. The van der Waals surface area contributed by atoms with Crippen molar-refractivity contribution in [2.45, 2.75) is 19.9 Å². The molecule has 6 rings (SSSR count). The van der Waals surface area contributed by atoms with Gasteiger partial charge in [0.1, 0.15) is 19.0 Å². The van der Waals surface area contributed by atoms with Crippen molar-refractivity contribution in [3.05, 3.63) is 82.7 Å². The molecule has 36 heavy (non-hydrogen) atoms. The van der Waals surface area contributed by atoms with E-state index in [1.807, 2.05) is 26.0 Å². The van der Waals surface area contributed by atoms with Crippen LogP contribution in [0, 0.1) is 13.8 Å². The van der Waals surface area contributed by atoms with Crippen molar-refractivity contribution in [2.75, 3.05) is 18.1 Å². The minimum atomic E-state index is -0.895. The number of benzene rings is 2. The number of aliphatic hydroxyl groups excluding tert-OH is 1. The van der Waals surface area contributed by atoms with Crippen LogP contribution in [-0.2, 0) is 9.59 Å². The summed E-state index contributed by atoms with van der Waals surface area (Å²) in [6, 6.07) is 11.6. The summed E-state index contributed by atoms with van der Waals surface area (Å²) in [6.45, 7) is 4.79. The van der Waals surface area contributed by atoms with E-state index in [-0.39, 0.29) is 11.3 Å². The third-order valence-electron chi connectivity index (χ3n) is 6.28. The zero-order valence-electron chi connectivity index (χ0n) is 19.5. The van der Waals surface area contributed by atoms with Gasteiger partial charge in [-0.3, -0.25) is 19.5 Å². The molecule has 9 heteroatoms. The monoisotopic (exact) mass is 499 g/mol. The van der Waals surface area contributed by atoms with Crippen molar-refractivity contribution >= 4 is 44.1 Å². The third kappa shape index (κ3) is 3.51. The van der Waals surface area contributed by atoms with Gasteiger partial charge in [-0.2, -0.15) is 0 Å². The number of hydrogen-bond acceptors (Lipinski definition) is 8. The molecule has 1 amide bonds. The second-order valence-corrected chi connectivity index (χ2v) is 9.75. The van der Waals surface area contributed by atoms with E-state index in [0.717, 1.165) is 21.3 Å². The Balaban J connectivity index is 1.54. The van der Waals surface area contributed by atoms with Gasteiger partial charge >= 0.3 is 5.91 Å². The molecule has 180 valence electrons. The molecule has 2 aromatic carbocycles. The minimum Gasteiger partial charge on any atom is -0.507 e. The van der Waals surface area contributed by atoms with Crippen LogP contribution in [0.3, 0.4) is 0 Å². The number of aryl methyl sites for hydroxylation is 2. The summed E-state index contributed by atoms with van der Waals surface area (Å²) in [4.78, 5) is 37.1. The molecule has 1 N–H and O–H groups in total. The number of aromatic nitrogens is 2. The lowest BCUT2D eigenvalue weighted by Crippen LogP contribution is -2.29. The summed E-state index contributed by atoms with van der Waals surface area (Å²) in [5, 5.41) is 11.8. The predicted octanol–water partition coefficient (Wildman–Crippen LogP) is 4.71. The molecule has 4 aromatic rings. The van der Waals surface area contributed by atoms with Gasteiger partial charge in [-0.25, -0.2) is 4.98 Å². The molecule has 0 unspecified atom stereocenters. The number of pyridine rings is 1. The maximum atomic E-state index is 13.4. The number of aliphatic hydroxyl groups is 1. The molecule has 1 atom stereocenters. The average molecular weight is 500 g/mol. The number of anilines is 1. The van der Waals surface area contributed by atoms with Gasteiger partial charge in [0.25, 0.3) is 5.78 Å². The van der Waals surface area contributed by atoms with Crippen LogP contribution in [0.15, 0.2) is 60.4 Å². The highest BCUT2D eigenvalue weighted by Crippen LogP contribution is 2.45. The van der Waals surface area contributed by atoms with Crippen LogP contribution in [0.4, 0.5) is 5.13 Å². The van der Waals surface area contributed by atoms with Crippen molar-refractivity contribution in [1.82, 2.24) is 9.97 Å². The van der Waals surface area contributed by atoms with Crippen LogP contribution in [-0.4, -0.2) is 40.0 Å². The van der Waals surface area contributed by atoms with E-state index in [4.69, 9.17) is 14.5 Å². The molecule has 1 fully saturated rings. The number of carbonyl (C=O) groups excluding carboxylic acids is 2. The Morgan fingerprint density at radius 1 is 1.08 bits per heavy atom. The molecule has 0 saturated carbocycles. The van der Waals surface area contributed by atoms with Crippen LogP contribution in [0.1, 0.15) is 28.3 Å². The first-order valence-corrected chi connectivity index (χ1v) is 12.2. The molecule has 2 aromatic heterocycles. The van der Waals surface area contributed by atoms with E-state index in [1.54, 1.807) is 42.7 Å². The molecule has 4 heterocycles. The second kappa shape index (κ2) is 8.46. The summed E-state index contributed by atoms with van der Waals surface area (Å²) < 4.78 is 12.1. The molecule has 0 aliphatic carbocycles. The quantitative estimate of drug-likeness (QED) is 0.248. The van der Waals surface area contributed by atoms with E-state index < -0.39 is 17.7 Å². The Bertz CT molecular complexity index is 1580. The zero-order chi connectivity index (χ0) is 25.0. The maximum absolute atomic E-state index is 13.4. The van der Waals surface area contributed by atoms with E-state index >= 15 is 0 Å². The standard InChI is InChI=1S/C27H21N3O5S/c1-14-10-15(2)22-20(11-14)36-27(29-22)30-23(17-4-3-7-28-13-17)21(25(32)26(30)33)24(31)16-5-6-18-19(12-16)35-9-8-34-18/h3-7,10-13,23,31H,8-9H2,1-2H3/t23-/m1/s1. The van der Waals surface area contributed by atoms with Crippen molar-refractivity contribution in [2.24, 2.45) is 0 Å². The number of fused-ring (bicyclic) bond motifs is 2. The average Bonchev–Trinajstić information content (AvgIpc) is 3.42. The van der Waals surface area contributed by atoms with Crippen LogP contribution >= 0.6 is 11.3 Å². The van der Waals surface area contributed by atoms with Gasteiger partial charge < -0.3 is 14.6 Å². The predicted molar refractivity (Wildman–Crippen MR) is 136 cm³/mol. The van der Waals surface area contributed by atoms with E-state index in [1.165, 1.54) is 16.2 Å². The number of nitrogens with zero attached hydrogens (tertiary/aromatic N) is 3. The van der Waals surface area contributed by atoms with Gasteiger partial charge in [0.2, 0.25) is 0 Å². The van der Waals surface area contributed by atoms with Crippen molar-refractivity contribution < 1.29 is 24.2 Å². The van der Waals surface area contributed by atoms with Gasteiger partial charge in [0.15, 0.2) is 16.6 Å². The normalized spacial score (nSPS) is 18.7. The summed E-state index contributed by atoms with van der Waals surface area (Å²) in [7, 11) is 0. The van der Waals surface area contributed by atoms with Crippen LogP contribution in [0.5, 0.6) is 11.5 Å². The maximum Gasteiger partial charge on any atom is 0.301 e. The smallest absolute Gasteiger partial charge is 0.301 e. The Labute approximate surface area is 210 Å². The van der Waals surface area contributed by atoms with Crippen molar-refractivity contribution in [1.29, 1.82) is 0 Å². The molecular formula is C27H21N3O5S. The highest BCUT2D eigenvalue weighted by atomic mass is 32.1. The molecule has 2 aliphatic rings. The molecule has 2 aliphatic heterocycles. The molecule has 0 spiro atoms. The van der Waals surface area contributed by atoms with Crippen LogP contribution in [0.25, 0.3) is 16.0 Å². The number of thiazole rings is 1. The molecule has 0 bridgehead atoms. The van der Waals surface area contributed by atoms with Gasteiger partial charge in [0, 0.05) is 18.0 Å². The van der Waals surface area contributed by atoms with E-state index in [0.29, 0.717) is 41.0 Å². The number of rotatable bonds is 3. The fourth-order valence-electron chi connectivity index (χ4n) is 4.69. The van der Waals surface area contributed by atoms with Gasteiger partial charge in [-0.15, -0.1) is 0 Å². The van der Waals surface area contributed by atoms with Gasteiger partial charge in [0.05, 0.1) is 21.8 Å². The highest BCUT2D eigenvalue weighted by molar-refractivity contribution is 7.22. The Hall–Kier alpha value is -4.24. The second-order valence-electron chi connectivity index (χ2n) is 8.74. The summed E-state index contributed by atoms with van der Waals surface area (Å²) >= 11 is 1.34. The summed E-state index contributed by atoms with van der Waals surface area (Å²) in [5.41, 5.74) is 3.75. The number of ether oxygens (including phenoxy) is 2. The number of Topliss-reactive ketones (excluding diaryl/α,β-unsaturated/α-hetero) is 1. The molecule has 0 radical (unpaired) electrons.